The molecule has 0 bridgehead atoms. The molecule has 2 amide bonds. The second-order valence-corrected chi connectivity index (χ2v) is 8.83. The molecule has 142 valence electrons. The summed E-state index contributed by atoms with van der Waals surface area (Å²) in [6.07, 6.45) is 1.99. The van der Waals surface area contributed by atoms with Gasteiger partial charge in [-0.3, -0.25) is 14.5 Å². The third kappa shape index (κ3) is 4.01. The molecule has 2 aromatic rings. The van der Waals surface area contributed by atoms with E-state index in [1.165, 1.54) is 30.0 Å². The Morgan fingerprint density at radius 1 is 1.30 bits per heavy atom. The molecule has 1 aromatic heterocycles. The molecule has 1 saturated carbocycles. The van der Waals surface area contributed by atoms with E-state index in [0.29, 0.717) is 26.7 Å². The Bertz CT molecular complexity index is 884. The van der Waals surface area contributed by atoms with Crippen LogP contribution in [0, 0.1) is 0 Å². The number of carbonyl (C=O) groups is 2. The Hall–Kier alpha value is -2.33. The summed E-state index contributed by atoms with van der Waals surface area (Å²) in [5.74, 6) is 1.11. The number of benzene rings is 1. The molecular weight excluding hydrogens is 388 g/mol. The molecular formula is C17H18N4O4S2. The molecule has 1 aliphatic heterocycles. The maximum Gasteiger partial charge on any atom is 0.237 e. The number of anilines is 2. The molecule has 1 aliphatic carbocycles. The van der Waals surface area contributed by atoms with E-state index >= 15 is 0 Å². The third-order valence-corrected chi connectivity index (χ3v) is 6.25. The van der Waals surface area contributed by atoms with Gasteiger partial charge in [-0.05, 0) is 31.9 Å². The highest BCUT2D eigenvalue weighted by Crippen LogP contribution is 2.37. The zero-order chi connectivity index (χ0) is 19.0. The fraction of sp³-hybridized carbons (Fsp3) is 0.412. The van der Waals surface area contributed by atoms with Gasteiger partial charge in [0.15, 0.2) is 15.8 Å². The summed E-state index contributed by atoms with van der Waals surface area (Å²) in [7, 11) is 0. The lowest BCUT2D eigenvalue weighted by molar-refractivity contribution is -0.117. The average molecular weight is 406 g/mol. The van der Waals surface area contributed by atoms with Crippen molar-refractivity contribution in [1.82, 2.24) is 10.2 Å². The number of nitrogens with one attached hydrogen (secondary N) is 1. The van der Waals surface area contributed by atoms with Crippen LogP contribution in [0.5, 0.6) is 11.5 Å². The largest absolute Gasteiger partial charge is 0.454 e. The number of hydrogen-bond donors (Lipinski definition) is 1. The van der Waals surface area contributed by atoms with Gasteiger partial charge < -0.3 is 14.8 Å². The zero-order valence-corrected chi connectivity index (χ0v) is 16.4. The summed E-state index contributed by atoms with van der Waals surface area (Å²) in [6, 6.07) is 5.51. The Balaban J connectivity index is 1.38. The van der Waals surface area contributed by atoms with E-state index in [2.05, 4.69) is 15.5 Å². The van der Waals surface area contributed by atoms with E-state index in [4.69, 9.17) is 9.47 Å². The SMILES string of the molecule is CC(=O)N(c1nnc(SC(C)C(=O)Nc2ccc3c(c2)OCO3)s1)C1CC1. The van der Waals surface area contributed by atoms with Crippen LogP contribution in [-0.4, -0.2) is 40.1 Å². The predicted molar refractivity (Wildman–Crippen MR) is 103 cm³/mol. The maximum absolute atomic E-state index is 12.5. The van der Waals surface area contributed by atoms with Gasteiger partial charge in [-0.25, -0.2) is 0 Å². The summed E-state index contributed by atoms with van der Waals surface area (Å²) < 4.78 is 11.2. The van der Waals surface area contributed by atoms with Crippen molar-refractivity contribution in [2.75, 3.05) is 17.0 Å². The average Bonchev–Trinajstić information content (AvgIpc) is 3.15. The Kier molecular flexibility index (Phi) is 4.92. The fourth-order valence-electron chi connectivity index (χ4n) is 2.65. The minimum Gasteiger partial charge on any atom is -0.454 e. The first-order valence-corrected chi connectivity index (χ1v) is 10.2. The van der Waals surface area contributed by atoms with Crippen LogP contribution in [0.1, 0.15) is 26.7 Å². The highest BCUT2D eigenvalue weighted by Gasteiger charge is 2.34. The number of amides is 2. The molecule has 2 aliphatic rings. The topological polar surface area (TPSA) is 93.7 Å². The van der Waals surface area contributed by atoms with Crippen LogP contribution in [0.15, 0.2) is 22.5 Å². The van der Waals surface area contributed by atoms with E-state index in [1.807, 2.05) is 0 Å². The van der Waals surface area contributed by atoms with Gasteiger partial charge >= 0.3 is 0 Å². The Morgan fingerprint density at radius 3 is 2.81 bits per heavy atom. The van der Waals surface area contributed by atoms with Gasteiger partial charge in [-0.1, -0.05) is 23.1 Å². The van der Waals surface area contributed by atoms with E-state index < -0.39 is 0 Å². The van der Waals surface area contributed by atoms with Crippen LogP contribution < -0.4 is 19.7 Å². The summed E-state index contributed by atoms with van der Waals surface area (Å²) in [5, 5.41) is 11.3. The van der Waals surface area contributed by atoms with Crippen molar-refractivity contribution in [1.29, 1.82) is 0 Å². The highest BCUT2D eigenvalue weighted by molar-refractivity contribution is 8.02. The summed E-state index contributed by atoms with van der Waals surface area (Å²) in [6.45, 7) is 3.53. The molecule has 1 N–H and O–H groups in total. The van der Waals surface area contributed by atoms with Gasteiger partial charge in [0.05, 0.1) is 5.25 Å². The van der Waals surface area contributed by atoms with Crippen molar-refractivity contribution in [3.8, 4) is 11.5 Å². The van der Waals surface area contributed by atoms with Crippen molar-refractivity contribution in [3.05, 3.63) is 18.2 Å². The normalized spacial score (nSPS) is 16.1. The third-order valence-electron chi connectivity index (χ3n) is 4.14. The number of nitrogens with zero attached hydrogens (tertiary/aromatic N) is 3. The molecule has 0 spiro atoms. The summed E-state index contributed by atoms with van der Waals surface area (Å²) in [4.78, 5) is 26.0. The van der Waals surface area contributed by atoms with Gasteiger partial charge in [-0.15, -0.1) is 10.2 Å². The van der Waals surface area contributed by atoms with Gasteiger partial charge in [-0.2, -0.15) is 0 Å². The second kappa shape index (κ2) is 7.35. The lowest BCUT2D eigenvalue weighted by atomic mass is 10.2. The van der Waals surface area contributed by atoms with E-state index in [9.17, 15) is 9.59 Å². The molecule has 10 heteroatoms. The Labute approximate surface area is 164 Å². The number of rotatable bonds is 6. The van der Waals surface area contributed by atoms with E-state index in [0.717, 1.165) is 12.8 Å². The lowest BCUT2D eigenvalue weighted by Crippen LogP contribution is -2.30. The summed E-state index contributed by atoms with van der Waals surface area (Å²) >= 11 is 2.65. The van der Waals surface area contributed by atoms with E-state index in [1.54, 1.807) is 30.0 Å². The van der Waals surface area contributed by atoms with Crippen LogP contribution >= 0.6 is 23.1 Å². The first kappa shape index (κ1) is 18.1. The molecule has 1 aromatic carbocycles. The Morgan fingerprint density at radius 2 is 2.07 bits per heavy atom. The van der Waals surface area contributed by atoms with Crippen molar-refractivity contribution in [2.24, 2.45) is 0 Å². The maximum atomic E-state index is 12.5. The van der Waals surface area contributed by atoms with Crippen LogP contribution in [0.25, 0.3) is 0 Å². The first-order valence-electron chi connectivity index (χ1n) is 8.52. The monoisotopic (exact) mass is 406 g/mol. The van der Waals surface area contributed by atoms with Crippen LogP contribution in [0.4, 0.5) is 10.8 Å². The number of carbonyl (C=O) groups excluding carboxylic acids is 2. The summed E-state index contributed by atoms with van der Waals surface area (Å²) in [5.41, 5.74) is 0.645. The van der Waals surface area contributed by atoms with E-state index in [-0.39, 0.29) is 29.9 Å². The van der Waals surface area contributed by atoms with Crippen LogP contribution in [0.3, 0.4) is 0 Å². The molecule has 1 atom stereocenters. The standard InChI is InChI=1S/C17H18N4O4S2/c1-9(15(23)18-11-3-6-13-14(7-11)25-8-24-13)26-17-20-19-16(27-17)21(10(2)22)12-4-5-12/h3,6-7,9,12H,4-5,8H2,1-2H3,(H,18,23). The quantitative estimate of drug-likeness (QED) is 0.582. The predicted octanol–water partition coefficient (Wildman–Crippen LogP) is 2.90. The zero-order valence-electron chi connectivity index (χ0n) is 14.8. The van der Waals surface area contributed by atoms with Gasteiger partial charge in [0.1, 0.15) is 0 Å². The van der Waals surface area contributed by atoms with Gasteiger partial charge in [0, 0.05) is 24.7 Å². The molecule has 2 heterocycles. The minimum atomic E-state index is -0.372. The number of fused-ring (bicyclic) bond motifs is 1. The number of ether oxygens (including phenoxy) is 2. The molecule has 1 fully saturated rings. The van der Waals surface area contributed by atoms with Gasteiger partial charge in [0.25, 0.3) is 0 Å². The molecule has 27 heavy (non-hydrogen) atoms. The molecule has 1 unspecified atom stereocenters. The number of hydrogen-bond acceptors (Lipinski definition) is 8. The first-order chi connectivity index (χ1) is 13.0. The van der Waals surface area contributed by atoms with Crippen molar-refractivity contribution < 1.29 is 19.1 Å². The van der Waals surface area contributed by atoms with Crippen molar-refractivity contribution in [2.45, 2.75) is 42.3 Å². The molecule has 0 saturated heterocycles. The lowest BCUT2D eigenvalue weighted by Gasteiger charge is -2.15. The number of thioether (sulfide) groups is 1. The van der Waals surface area contributed by atoms with Crippen LogP contribution in [-0.2, 0) is 9.59 Å². The van der Waals surface area contributed by atoms with Gasteiger partial charge in [0.2, 0.25) is 23.7 Å². The van der Waals surface area contributed by atoms with Crippen LogP contribution in [0.2, 0.25) is 0 Å². The number of aromatic nitrogens is 2. The smallest absolute Gasteiger partial charge is 0.237 e. The van der Waals surface area contributed by atoms with Crippen molar-refractivity contribution in [3.63, 3.8) is 0 Å². The molecule has 8 nitrogen and oxygen atoms in total. The fourth-order valence-corrected chi connectivity index (χ4v) is 4.75. The highest BCUT2D eigenvalue weighted by atomic mass is 32.2. The molecule has 0 radical (unpaired) electrons. The second-order valence-electron chi connectivity index (χ2n) is 6.29. The minimum absolute atomic E-state index is 0.0289. The van der Waals surface area contributed by atoms with Crippen molar-refractivity contribution >= 4 is 45.7 Å². The molecule has 4 rings (SSSR count).